The van der Waals surface area contributed by atoms with Gasteiger partial charge in [0.15, 0.2) is 5.16 Å². The van der Waals surface area contributed by atoms with E-state index in [9.17, 15) is 9.59 Å². The van der Waals surface area contributed by atoms with Crippen LogP contribution in [0.3, 0.4) is 0 Å². The minimum absolute atomic E-state index is 0.0419. The zero-order chi connectivity index (χ0) is 21.8. The normalized spacial score (nSPS) is 15.2. The Hall–Kier alpha value is -2.98. The fraction of sp³-hybridized carbons (Fsp3) is 0.238. The molecule has 0 saturated heterocycles. The molecule has 1 aromatic heterocycles. The Bertz CT molecular complexity index is 1100. The molecule has 10 heteroatoms. The molecule has 3 aromatic rings. The number of amides is 2. The maximum absolute atomic E-state index is 12.5. The summed E-state index contributed by atoms with van der Waals surface area (Å²) in [6, 6.07) is 14.9. The fourth-order valence-electron chi connectivity index (χ4n) is 3.04. The van der Waals surface area contributed by atoms with Gasteiger partial charge in [-0.05, 0) is 36.4 Å². The van der Waals surface area contributed by atoms with Crippen LogP contribution in [0, 0.1) is 0 Å². The number of rotatable bonds is 7. The molecule has 4 rings (SSSR count). The number of hydrogen-bond donors (Lipinski definition) is 2. The van der Waals surface area contributed by atoms with E-state index < -0.39 is 0 Å². The zero-order valence-corrected chi connectivity index (χ0v) is 18.6. The number of benzene rings is 2. The van der Waals surface area contributed by atoms with Crippen LogP contribution < -0.4 is 15.4 Å². The van der Waals surface area contributed by atoms with Gasteiger partial charge in [0.05, 0.1) is 23.8 Å². The number of aromatic nitrogens is 3. The van der Waals surface area contributed by atoms with E-state index in [2.05, 4.69) is 20.8 Å². The average molecular weight is 456 g/mol. The van der Waals surface area contributed by atoms with Gasteiger partial charge < -0.3 is 19.9 Å². The lowest BCUT2D eigenvalue weighted by molar-refractivity contribution is -0.116. The summed E-state index contributed by atoms with van der Waals surface area (Å²) in [4.78, 5) is 25.8. The summed E-state index contributed by atoms with van der Waals surface area (Å²) in [5.41, 5.74) is 1.54. The van der Waals surface area contributed by atoms with Crippen molar-refractivity contribution in [3.8, 4) is 5.75 Å². The second-order valence-corrected chi connectivity index (χ2v) is 9.01. The monoisotopic (exact) mass is 455 g/mol. The molecule has 2 aromatic carbocycles. The molecule has 0 aliphatic carbocycles. The highest BCUT2D eigenvalue weighted by molar-refractivity contribution is 8.01. The first-order valence-corrected chi connectivity index (χ1v) is 11.4. The van der Waals surface area contributed by atoms with Gasteiger partial charge in [0.25, 0.3) is 0 Å². The van der Waals surface area contributed by atoms with E-state index in [1.54, 1.807) is 31.4 Å². The SMILES string of the molecule is COc1ccc(NC(=O)CSc2nnc(C[C@H]3Sc4ccccc4NC3=O)n2C)cc1. The molecular formula is C21H21N5O3S2. The number of carbonyl (C=O) groups excluding carboxylic acids is 2. The second-order valence-electron chi connectivity index (χ2n) is 6.82. The summed E-state index contributed by atoms with van der Waals surface area (Å²) in [6.45, 7) is 0. The van der Waals surface area contributed by atoms with E-state index >= 15 is 0 Å². The van der Waals surface area contributed by atoms with Gasteiger partial charge in [-0.25, -0.2) is 0 Å². The van der Waals surface area contributed by atoms with Gasteiger partial charge in [-0.15, -0.1) is 22.0 Å². The van der Waals surface area contributed by atoms with E-state index in [4.69, 9.17) is 4.74 Å². The Morgan fingerprint density at radius 1 is 1.23 bits per heavy atom. The molecule has 0 radical (unpaired) electrons. The smallest absolute Gasteiger partial charge is 0.238 e. The molecular weight excluding hydrogens is 434 g/mol. The summed E-state index contributed by atoms with van der Waals surface area (Å²) in [6.07, 6.45) is 0.451. The Labute approximate surface area is 188 Å². The fourth-order valence-corrected chi connectivity index (χ4v) is 4.88. The van der Waals surface area contributed by atoms with Crippen LogP contribution in [-0.4, -0.2) is 44.7 Å². The molecule has 31 heavy (non-hydrogen) atoms. The average Bonchev–Trinajstić information content (AvgIpc) is 3.12. The predicted molar refractivity (Wildman–Crippen MR) is 122 cm³/mol. The Morgan fingerprint density at radius 3 is 2.77 bits per heavy atom. The van der Waals surface area contributed by atoms with Crippen molar-refractivity contribution in [2.45, 2.75) is 21.7 Å². The zero-order valence-electron chi connectivity index (χ0n) is 17.0. The predicted octanol–water partition coefficient (Wildman–Crippen LogP) is 3.21. The third-order valence-corrected chi connectivity index (χ3v) is 7.00. The van der Waals surface area contributed by atoms with Gasteiger partial charge in [0.1, 0.15) is 11.6 Å². The maximum atomic E-state index is 12.5. The third-order valence-electron chi connectivity index (χ3n) is 4.71. The van der Waals surface area contributed by atoms with E-state index in [-0.39, 0.29) is 22.8 Å². The van der Waals surface area contributed by atoms with Crippen LogP contribution in [0.15, 0.2) is 58.6 Å². The van der Waals surface area contributed by atoms with Crippen molar-refractivity contribution in [2.24, 2.45) is 7.05 Å². The van der Waals surface area contributed by atoms with Crippen molar-refractivity contribution in [3.05, 3.63) is 54.4 Å². The first kappa shape index (κ1) is 21.3. The Balaban J connectivity index is 1.34. The number of nitrogens with zero attached hydrogens (tertiary/aromatic N) is 3. The van der Waals surface area contributed by atoms with Gasteiger partial charge in [-0.2, -0.15) is 0 Å². The van der Waals surface area contributed by atoms with Crippen LogP contribution >= 0.6 is 23.5 Å². The molecule has 0 saturated carbocycles. The number of fused-ring (bicyclic) bond motifs is 1. The molecule has 1 atom stereocenters. The quantitative estimate of drug-likeness (QED) is 0.528. The highest BCUT2D eigenvalue weighted by Crippen LogP contribution is 2.36. The molecule has 1 aliphatic rings. The number of carbonyl (C=O) groups is 2. The Kier molecular flexibility index (Phi) is 6.47. The first-order chi connectivity index (χ1) is 15.0. The van der Waals surface area contributed by atoms with Gasteiger partial charge in [-0.1, -0.05) is 23.9 Å². The summed E-state index contributed by atoms with van der Waals surface area (Å²) >= 11 is 2.83. The van der Waals surface area contributed by atoms with Crippen LogP contribution in [0.5, 0.6) is 5.75 Å². The number of para-hydroxylation sites is 1. The highest BCUT2D eigenvalue weighted by atomic mass is 32.2. The summed E-state index contributed by atoms with van der Waals surface area (Å²) in [5.74, 6) is 1.44. The minimum atomic E-state index is -0.283. The number of ether oxygens (including phenoxy) is 1. The van der Waals surface area contributed by atoms with Crippen LogP contribution in [0.4, 0.5) is 11.4 Å². The molecule has 0 spiro atoms. The molecule has 1 aliphatic heterocycles. The molecule has 2 heterocycles. The van der Waals surface area contributed by atoms with Gasteiger partial charge in [0, 0.05) is 24.1 Å². The van der Waals surface area contributed by atoms with Crippen LogP contribution in [0.2, 0.25) is 0 Å². The van der Waals surface area contributed by atoms with E-state index in [0.29, 0.717) is 23.1 Å². The van der Waals surface area contributed by atoms with Crippen molar-refractivity contribution in [2.75, 3.05) is 23.5 Å². The number of hydrogen-bond acceptors (Lipinski definition) is 7. The van der Waals surface area contributed by atoms with E-state index in [1.807, 2.05) is 35.9 Å². The first-order valence-electron chi connectivity index (χ1n) is 9.55. The molecule has 0 bridgehead atoms. The van der Waals surface area contributed by atoms with Crippen LogP contribution in [0.1, 0.15) is 5.82 Å². The van der Waals surface area contributed by atoms with Gasteiger partial charge in [0.2, 0.25) is 11.8 Å². The summed E-state index contributed by atoms with van der Waals surface area (Å²) in [7, 11) is 3.44. The second kappa shape index (κ2) is 9.44. The minimum Gasteiger partial charge on any atom is -0.497 e. The molecule has 160 valence electrons. The van der Waals surface area contributed by atoms with Gasteiger partial charge in [-0.3, -0.25) is 9.59 Å². The maximum Gasteiger partial charge on any atom is 0.238 e. The highest BCUT2D eigenvalue weighted by Gasteiger charge is 2.28. The summed E-state index contributed by atoms with van der Waals surface area (Å²) in [5, 5.41) is 14.6. The standard InChI is InChI=1S/C21H21N5O3S2/c1-26-18(11-17-20(28)23-15-5-3-4-6-16(15)31-17)24-25-21(26)30-12-19(27)22-13-7-9-14(29-2)10-8-13/h3-10,17H,11-12H2,1-2H3,(H,22,27)(H,23,28)/t17-/m1/s1. The Morgan fingerprint density at radius 2 is 2.00 bits per heavy atom. The van der Waals surface area contributed by atoms with Crippen molar-refractivity contribution in [3.63, 3.8) is 0 Å². The van der Waals surface area contributed by atoms with Crippen LogP contribution in [0.25, 0.3) is 0 Å². The largest absolute Gasteiger partial charge is 0.497 e. The van der Waals surface area contributed by atoms with Gasteiger partial charge >= 0.3 is 0 Å². The topological polar surface area (TPSA) is 98.1 Å². The molecule has 2 N–H and O–H groups in total. The van der Waals surface area contributed by atoms with Crippen molar-refractivity contribution in [1.82, 2.24) is 14.8 Å². The third kappa shape index (κ3) is 5.02. The molecule has 0 unspecified atom stereocenters. The lowest BCUT2D eigenvalue weighted by atomic mass is 10.2. The molecule has 8 nitrogen and oxygen atoms in total. The van der Waals surface area contributed by atoms with Crippen LogP contribution in [-0.2, 0) is 23.1 Å². The number of anilines is 2. The van der Waals surface area contributed by atoms with E-state index in [0.717, 1.165) is 16.3 Å². The number of thioether (sulfide) groups is 2. The molecule has 0 fully saturated rings. The summed E-state index contributed by atoms with van der Waals surface area (Å²) < 4.78 is 6.95. The lowest BCUT2D eigenvalue weighted by Gasteiger charge is -2.23. The lowest BCUT2D eigenvalue weighted by Crippen LogP contribution is -2.31. The molecule has 2 amide bonds. The number of methoxy groups -OCH3 is 1. The van der Waals surface area contributed by atoms with E-state index in [1.165, 1.54) is 23.5 Å². The van der Waals surface area contributed by atoms with Crippen molar-refractivity contribution < 1.29 is 14.3 Å². The van der Waals surface area contributed by atoms with Crippen molar-refractivity contribution in [1.29, 1.82) is 0 Å². The van der Waals surface area contributed by atoms with Crippen molar-refractivity contribution >= 4 is 46.7 Å². The number of nitrogens with one attached hydrogen (secondary N) is 2.